The van der Waals surface area contributed by atoms with Gasteiger partial charge in [0.25, 0.3) is 11.6 Å². The van der Waals surface area contributed by atoms with Crippen LogP contribution in [-0.2, 0) is 4.79 Å². The molecule has 0 aliphatic carbocycles. The Kier molecular flexibility index (Phi) is 7.07. The van der Waals surface area contributed by atoms with Crippen molar-refractivity contribution in [3.63, 3.8) is 0 Å². The van der Waals surface area contributed by atoms with Gasteiger partial charge in [-0.25, -0.2) is 0 Å². The third-order valence-electron chi connectivity index (χ3n) is 4.74. The molecule has 158 valence electrons. The van der Waals surface area contributed by atoms with Crippen LogP contribution in [0, 0.1) is 17.0 Å². The number of aryl methyl sites for hydroxylation is 1. The van der Waals surface area contributed by atoms with Crippen LogP contribution in [0.2, 0.25) is 5.02 Å². The van der Waals surface area contributed by atoms with Gasteiger partial charge in [0, 0.05) is 32.2 Å². The van der Waals surface area contributed by atoms with Crippen LogP contribution in [0.4, 0.5) is 11.4 Å². The monoisotopic (exact) mass is 448 g/mol. The summed E-state index contributed by atoms with van der Waals surface area (Å²) in [5.74, 6) is 0.306. The van der Waals surface area contributed by atoms with E-state index in [1.165, 1.54) is 6.07 Å². The molecule has 3 rings (SSSR count). The van der Waals surface area contributed by atoms with Crippen molar-refractivity contribution in [3.05, 3.63) is 63.2 Å². The van der Waals surface area contributed by atoms with Crippen molar-refractivity contribution >= 4 is 46.2 Å². The second-order valence-electron chi connectivity index (χ2n) is 6.75. The highest BCUT2D eigenvalue weighted by atomic mass is 35.5. The van der Waals surface area contributed by atoms with Gasteiger partial charge in [0.1, 0.15) is 11.4 Å². The van der Waals surface area contributed by atoms with E-state index in [1.54, 1.807) is 18.2 Å². The molecule has 0 aromatic heterocycles. The molecule has 1 heterocycles. The maximum absolute atomic E-state index is 12.2. The summed E-state index contributed by atoms with van der Waals surface area (Å²) in [6.45, 7) is 3.73. The number of benzene rings is 2. The van der Waals surface area contributed by atoms with Gasteiger partial charge in [-0.1, -0.05) is 35.9 Å². The van der Waals surface area contributed by atoms with Crippen LogP contribution >= 0.6 is 23.8 Å². The number of piperazine rings is 1. The Morgan fingerprint density at radius 2 is 1.90 bits per heavy atom. The molecule has 0 radical (unpaired) electrons. The van der Waals surface area contributed by atoms with E-state index in [0.717, 1.165) is 5.56 Å². The number of thiocarbonyl (C=S) groups is 1. The second kappa shape index (κ2) is 9.73. The largest absolute Gasteiger partial charge is 0.483 e. The lowest BCUT2D eigenvalue weighted by molar-refractivity contribution is -0.384. The molecule has 1 fully saturated rings. The van der Waals surface area contributed by atoms with E-state index in [0.29, 0.717) is 47.8 Å². The van der Waals surface area contributed by atoms with Gasteiger partial charge in [-0.05, 0) is 36.8 Å². The highest BCUT2D eigenvalue weighted by Gasteiger charge is 2.27. The third-order valence-corrected chi connectivity index (χ3v) is 5.41. The van der Waals surface area contributed by atoms with Crippen LogP contribution in [0.25, 0.3) is 0 Å². The van der Waals surface area contributed by atoms with E-state index in [4.69, 9.17) is 28.6 Å². The molecule has 1 aliphatic rings. The van der Waals surface area contributed by atoms with E-state index in [1.807, 2.05) is 34.9 Å². The van der Waals surface area contributed by atoms with Crippen LogP contribution in [0.15, 0.2) is 42.5 Å². The number of nitrogens with zero attached hydrogens (tertiary/aromatic N) is 3. The maximum atomic E-state index is 12.2. The quantitative estimate of drug-likeness (QED) is 0.427. The summed E-state index contributed by atoms with van der Waals surface area (Å²) >= 11 is 11.6. The highest BCUT2D eigenvalue weighted by molar-refractivity contribution is 7.80. The lowest BCUT2D eigenvalue weighted by Crippen LogP contribution is -2.53. The lowest BCUT2D eigenvalue weighted by Gasteiger charge is -2.37. The number of ether oxygens (including phenoxy) is 1. The number of rotatable bonds is 5. The first-order chi connectivity index (χ1) is 14.4. The molecule has 1 saturated heterocycles. The lowest BCUT2D eigenvalue weighted by atomic mass is 10.2. The number of nitrogens with one attached hydrogen (secondary N) is 1. The summed E-state index contributed by atoms with van der Waals surface area (Å²) in [6, 6.07) is 12.1. The Bertz CT molecular complexity index is 964. The summed E-state index contributed by atoms with van der Waals surface area (Å²) in [5.41, 5.74) is 1.32. The first kappa shape index (κ1) is 21.8. The summed E-state index contributed by atoms with van der Waals surface area (Å²) in [4.78, 5) is 26.8. The number of carbonyl (C=O) groups excluding carboxylic acids is 1. The molecule has 0 atom stereocenters. The predicted octanol–water partition coefficient (Wildman–Crippen LogP) is 3.16. The molecular formula is C20H21ClN4O4S. The SMILES string of the molecule is Cc1ccccc1OCC(=O)NC(=S)N1CCN(c2c(Cl)cccc2[N+](=O)[O-])CC1. The van der Waals surface area contributed by atoms with Gasteiger partial charge >= 0.3 is 0 Å². The molecule has 0 saturated carbocycles. The van der Waals surface area contributed by atoms with Crippen molar-refractivity contribution in [2.24, 2.45) is 0 Å². The molecule has 0 bridgehead atoms. The van der Waals surface area contributed by atoms with Crippen LogP contribution in [0.5, 0.6) is 5.75 Å². The van der Waals surface area contributed by atoms with Crippen molar-refractivity contribution in [2.45, 2.75) is 6.92 Å². The van der Waals surface area contributed by atoms with Gasteiger partial charge in [-0.15, -0.1) is 0 Å². The number of hydrogen-bond donors (Lipinski definition) is 1. The molecule has 30 heavy (non-hydrogen) atoms. The Balaban J connectivity index is 1.53. The van der Waals surface area contributed by atoms with Crippen molar-refractivity contribution in [3.8, 4) is 5.75 Å². The predicted molar refractivity (Wildman–Crippen MR) is 119 cm³/mol. The molecule has 1 amide bonds. The fourth-order valence-electron chi connectivity index (χ4n) is 3.19. The summed E-state index contributed by atoms with van der Waals surface area (Å²) in [5, 5.41) is 14.6. The normalized spacial score (nSPS) is 13.7. The Hall–Kier alpha value is -2.91. The van der Waals surface area contributed by atoms with Crippen molar-refractivity contribution < 1.29 is 14.5 Å². The zero-order valence-corrected chi connectivity index (χ0v) is 17.9. The van der Waals surface area contributed by atoms with Crippen LogP contribution in [-0.4, -0.2) is 53.6 Å². The van der Waals surface area contributed by atoms with Gasteiger partial charge in [-0.2, -0.15) is 0 Å². The molecule has 2 aromatic carbocycles. The molecule has 2 aromatic rings. The average Bonchev–Trinajstić information content (AvgIpc) is 2.73. The molecule has 1 aliphatic heterocycles. The number of carbonyl (C=O) groups is 1. The van der Waals surface area contributed by atoms with E-state index in [-0.39, 0.29) is 18.2 Å². The highest BCUT2D eigenvalue weighted by Crippen LogP contribution is 2.35. The minimum atomic E-state index is -0.438. The van der Waals surface area contributed by atoms with E-state index >= 15 is 0 Å². The fraction of sp³-hybridized carbons (Fsp3) is 0.300. The van der Waals surface area contributed by atoms with Crippen molar-refractivity contribution in [1.29, 1.82) is 0 Å². The first-order valence-electron chi connectivity index (χ1n) is 9.32. The van der Waals surface area contributed by atoms with Gasteiger partial charge in [0.15, 0.2) is 11.7 Å². The van der Waals surface area contributed by atoms with Crippen LogP contribution in [0.3, 0.4) is 0 Å². The Labute approximate surface area is 184 Å². The number of nitro benzene ring substituents is 1. The smallest absolute Gasteiger partial charge is 0.294 e. The van der Waals surface area contributed by atoms with Gasteiger partial charge in [0.2, 0.25) is 0 Å². The molecule has 0 unspecified atom stereocenters. The van der Waals surface area contributed by atoms with Gasteiger partial charge < -0.3 is 19.9 Å². The zero-order chi connectivity index (χ0) is 21.7. The van der Waals surface area contributed by atoms with Crippen molar-refractivity contribution in [2.75, 3.05) is 37.7 Å². The van der Waals surface area contributed by atoms with Crippen LogP contribution < -0.4 is 15.0 Å². The first-order valence-corrected chi connectivity index (χ1v) is 10.1. The fourth-order valence-corrected chi connectivity index (χ4v) is 3.78. The van der Waals surface area contributed by atoms with Gasteiger partial charge in [0.05, 0.1) is 9.95 Å². The molecule has 0 spiro atoms. The summed E-state index contributed by atoms with van der Waals surface area (Å²) in [6.07, 6.45) is 0. The number of amides is 1. The minimum absolute atomic E-state index is 0.0276. The molecule has 1 N–H and O–H groups in total. The van der Waals surface area contributed by atoms with E-state index < -0.39 is 4.92 Å². The number of anilines is 1. The summed E-state index contributed by atoms with van der Waals surface area (Å²) in [7, 11) is 0. The number of halogens is 1. The zero-order valence-electron chi connectivity index (χ0n) is 16.3. The number of nitro groups is 1. The maximum Gasteiger partial charge on any atom is 0.294 e. The molecule has 10 heteroatoms. The van der Waals surface area contributed by atoms with E-state index in [2.05, 4.69) is 5.32 Å². The van der Waals surface area contributed by atoms with Crippen molar-refractivity contribution in [1.82, 2.24) is 10.2 Å². The topological polar surface area (TPSA) is 88.0 Å². The third kappa shape index (κ3) is 5.17. The van der Waals surface area contributed by atoms with Gasteiger partial charge in [-0.3, -0.25) is 14.9 Å². The van der Waals surface area contributed by atoms with E-state index in [9.17, 15) is 14.9 Å². The number of para-hydroxylation sites is 2. The van der Waals surface area contributed by atoms with Crippen LogP contribution in [0.1, 0.15) is 5.56 Å². The Morgan fingerprint density at radius 3 is 2.57 bits per heavy atom. The second-order valence-corrected chi connectivity index (χ2v) is 7.54. The Morgan fingerprint density at radius 1 is 1.20 bits per heavy atom. The average molecular weight is 449 g/mol. The summed E-state index contributed by atoms with van der Waals surface area (Å²) < 4.78 is 5.53. The molecular weight excluding hydrogens is 428 g/mol. The minimum Gasteiger partial charge on any atom is -0.483 e. The number of hydrogen-bond acceptors (Lipinski definition) is 6. The molecule has 8 nitrogen and oxygen atoms in total. The standard InChI is InChI=1S/C20H21ClN4O4S/c1-14-5-2-3-8-17(14)29-13-18(26)22-20(30)24-11-9-23(10-12-24)19-15(21)6-4-7-16(19)25(27)28/h2-8H,9-13H2,1H3,(H,22,26,30).